The van der Waals surface area contributed by atoms with Gasteiger partial charge < -0.3 is 29.6 Å². The van der Waals surface area contributed by atoms with Crippen molar-refractivity contribution < 1.29 is 43.2 Å². The number of carbonyl (C=O) groups is 1. The summed E-state index contributed by atoms with van der Waals surface area (Å²) in [5.74, 6) is -0.770. The van der Waals surface area contributed by atoms with Crippen molar-refractivity contribution in [1.82, 2.24) is 15.1 Å². The molecule has 0 spiro atoms. The van der Waals surface area contributed by atoms with Crippen LogP contribution < -0.4 is 10.6 Å². The van der Waals surface area contributed by atoms with Gasteiger partial charge in [-0.25, -0.2) is 9.13 Å². The summed E-state index contributed by atoms with van der Waals surface area (Å²) in [5.41, 5.74) is -0.800. The van der Waals surface area contributed by atoms with Gasteiger partial charge >= 0.3 is 21.2 Å². The SMILES string of the molecule is N#[N+]c1ccc([N+](=O)[O-])c(C(=O)NCCNC2CCC(CN(P(=O)(O)O)P(=O)(O)O)O2)c1. The molecule has 0 radical (unpaired) electrons. The molecule has 6 N–H and O–H groups in total. The number of amides is 1. The zero-order valence-corrected chi connectivity index (χ0v) is 18.1. The van der Waals surface area contributed by atoms with Crippen LogP contribution in [0.4, 0.5) is 11.4 Å². The molecule has 1 aromatic carbocycles. The minimum Gasteiger partial charge on any atom is -0.359 e. The summed E-state index contributed by atoms with van der Waals surface area (Å²) in [6.07, 6.45) is -0.808. The van der Waals surface area contributed by atoms with Gasteiger partial charge in [-0.05, 0) is 12.8 Å². The van der Waals surface area contributed by atoms with Crippen LogP contribution in [0.3, 0.4) is 0 Å². The highest BCUT2D eigenvalue weighted by Gasteiger charge is 2.42. The van der Waals surface area contributed by atoms with Gasteiger partial charge in [0.25, 0.3) is 11.6 Å². The molecule has 0 aliphatic carbocycles. The van der Waals surface area contributed by atoms with Crippen LogP contribution in [0.2, 0.25) is 0 Å². The normalized spacial score (nSPS) is 19.0. The van der Waals surface area contributed by atoms with Crippen LogP contribution >= 0.6 is 15.5 Å². The van der Waals surface area contributed by atoms with E-state index < -0.39 is 50.9 Å². The fourth-order valence-corrected chi connectivity index (χ4v) is 4.97. The second kappa shape index (κ2) is 10.5. The van der Waals surface area contributed by atoms with Gasteiger partial charge in [0.05, 0.1) is 17.1 Å². The van der Waals surface area contributed by atoms with Crippen LogP contribution in [0.1, 0.15) is 23.2 Å². The number of ether oxygens (including phenoxy) is 1. The number of diazo groups is 1. The number of nitrogens with zero attached hydrogens (tertiary/aromatic N) is 4. The molecule has 0 bridgehead atoms. The van der Waals surface area contributed by atoms with E-state index in [2.05, 4.69) is 15.6 Å². The van der Waals surface area contributed by atoms with E-state index in [0.717, 1.165) is 12.1 Å². The van der Waals surface area contributed by atoms with Gasteiger partial charge in [-0.15, -0.1) is 4.44 Å². The maximum absolute atomic E-state index is 12.2. The lowest BCUT2D eigenvalue weighted by Crippen LogP contribution is -2.38. The Balaban J connectivity index is 1.84. The Hall–Kier alpha value is -2.31. The molecule has 0 aromatic heterocycles. The fraction of sp³-hybridized carbons (Fsp3) is 0.500. The first-order valence-electron chi connectivity index (χ1n) is 9.03. The molecule has 1 aliphatic rings. The molecule has 32 heavy (non-hydrogen) atoms. The summed E-state index contributed by atoms with van der Waals surface area (Å²) in [6, 6.07) is 3.26. The number of benzene rings is 1. The molecule has 2 atom stereocenters. The number of rotatable bonds is 10. The highest BCUT2D eigenvalue weighted by Crippen LogP contribution is 2.58. The lowest BCUT2D eigenvalue weighted by molar-refractivity contribution is -0.385. The van der Waals surface area contributed by atoms with Crippen molar-refractivity contribution in [1.29, 1.82) is 5.39 Å². The van der Waals surface area contributed by atoms with Gasteiger partial charge in [0.15, 0.2) is 4.98 Å². The Morgan fingerprint density at radius 3 is 2.47 bits per heavy atom. The minimum atomic E-state index is -5.20. The van der Waals surface area contributed by atoms with E-state index in [-0.39, 0.29) is 35.2 Å². The van der Waals surface area contributed by atoms with Gasteiger partial charge in [0.1, 0.15) is 11.8 Å². The Morgan fingerprint density at radius 2 is 1.91 bits per heavy atom. The molecule has 1 heterocycles. The van der Waals surface area contributed by atoms with E-state index in [1.165, 1.54) is 6.07 Å². The van der Waals surface area contributed by atoms with Crippen LogP contribution in [0.25, 0.3) is 4.98 Å². The number of nitro benzene ring substituents is 1. The van der Waals surface area contributed by atoms with Crippen molar-refractivity contribution in [2.45, 2.75) is 25.2 Å². The van der Waals surface area contributed by atoms with E-state index in [1.54, 1.807) is 0 Å². The quantitative estimate of drug-likeness (QED) is 0.0847. The predicted molar refractivity (Wildman–Crippen MR) is 107 cm³/mol. The summed E-state index contributed by atoms with van der Waals surface area (Å²) in [7, 11) is -10.4. The molecule has 2 unspecified atom stereocenters. The third-order valence-electron chi connectivity index (χ3n) is 4.40. The second-order valence-electron chi connectivity index (χ2n) is 6.67. The third-order valence-corrected chi connectivity index (χ3v) is 7.32. The van der Waals surface area contributed by atoms with Gasteiger partial charge in [-0.3, -0.25) is 20.2 Å². The highest BCUT2D eigenvalue weighted by atomic mass is 31.3. The number of carbonyl (C=O) groups excluding carboxylic acids is 1. The van der Waals surface area contributed by atoms with Crippen molar-refractivity contribution in [3.63, 3.8) is 0 Å². The van der Waals surface area contributed by atoms with Crippen molar-refractivity contribution in [3.05, 3.63) is 38.9 Å². The zero-order valence-electron chi connectivity index (χ0n) is 16.3. The topological polar surface area (TPSA) is 240 Å². The molecular formula is C14H21N6O10P2+. The number of hydrogen-bond donors (Lipinski definition) is 6. The first-order chi connectivity index (χ1) is 14.8. The zero-order chi connectivity index (χ0) is 24.1. The van der Waals surface area contributed by atoms with E-state index in [0.29, 0.717) is 6.42 Å². The molecule has 0 saturated carbocycles. The van der Waals surface area contributed by atoms with Crippen LogP contribution in [0.15, 0.2) is 18.2 Å². The van der Waals surface area contributed by atoms with Crippen LogP contribution in [0.5, 0.6) is 0 Å². The summed E-state index contributed by atoms with van der Waals surface area (Å²) in [5, 5.41) is 25.2. The Kier molecular flexibility index (Phi) is 8.54. The van der Waals surface area contributed by atoms with Crippen molar-refractivity contribution in [2.75, 3.05) is 19.6 Å². The molecule has 1 aliphatic heterocycles. The van der Waals surface area contributed by atoms with E-state index in [9.17, 15) is 24.0 Å². The standard InChI is InChI=1S/C14H20N6O10P2/c15-18-9-1-3-12(20(22)23)11(7-9)14(21)17-6-5-16-13-4-2-10(30-13)8-19(31(24,25)26)32(27,28)29/h1,3,7,10,13,16H,2,4-6,8H2,(H4-,17,21,24,25,26,27,28,29)/p+1. The monoisotopic (exact) mass is 495 g/mol. The Bertz CT molecular complexity index is 982. The van der Waals surface area contributed by atoms with Crippen molar-refractivity contribution in [2.24, 2.45) is 0 Å². The average Bonchev–Trinajstić information content (AvgIpc) is 3.14. The molecular weight excluding hydrogens is 474 g/mol. The third kappa shape index (κ3) is 7.10. The number of nitrogens with one attached hydrogen (secondary N) is 2. The van der Waals surface area contributed by atoms with E-state index in [4.69, 9.17) is 29.7 Å². The largest absolute Gasteiger partial charge is 0.412 e. The van der Waals surface area contributed by atoms with Gasteiger partial charge in [-0.2, -0.15) is 0 Å². The molecule has 16 nitrogen and oxygen atoms in total. The van der Waals surface area contributed by atoms with E-state index >= 15 is 0 Å². The van der Waals surface area contributed by atoms with Gasteiger partial charge in [0.2, 0.25) is 5.39 Å². The molecule has 1 aromatic rings. The van der Waals surface area contributed by atoms with Crippen molar-refractivity contribution >= 4 is 32.8 Å². The average molecular weight is 495 g/mol. The van der Waals surface area contributed by atoms with Gasteiger partial charge in [0, 0.05) is 31.8 Å². The molecule has 18 heteroatoms. The molecule has 1 saturated heterocycles. The Morgan fingerprint density at radius 1 is 1.25 bits per heavy atom. The van der Waals surface area contributed by atoms with Crippen LogP contribution in [-0.2, 0) is 13.9 Å². The molecule has 1 fully saturated rings. The summed E-state index contributed by atoms with van der Waals surface area (Å²) in [6.45, 7) is -0.501. The first-order valence-corrected chi connectivity index (χ1v) is 12.2. The first kappa shape index (κ1) is 25.9. The van der Waals surface area contributed by atoms with Crippen LogP contribution in [-0.4, -0.2) is 66.8 Å². The summed E-state index contributed by atoms with van der Waals surface area (Å²) >= 11 is 0. The van der Waals surface area contributed by atoms with Gasteiger partial charge in [-0.1, -0.05) is 0 Å². The maximum Gasteiger partial charge on any atom is 0.412 e. The maximum atomic E-state index is 12.2. The lowest BCUT2D eigenvalue weighted by atomic mass is 10.1. The molecule has 1 amide bonds. The number of nitro groups is 1. The smallest absolute Gasteiger partial charge is 0.359 e. The van der Waals surface area contributed by atoms with E-state index in [1.807, 2.05) is 0 Å². The van der Waals surface area contributed by atoms with Crippen LogP contribution in [0, 0.1) is 15.5 Å². The summed E-state index contributed by atoms with van der Waals surface area (Å²) < 4.78 is 27.9. The second-order valence-corrected chi connectivity index (χ2v) is 10.0. The number of hydrogen-bond acceptors (Lipinski definition) is 8. The minimum absolute atomic E-state index is 0.0259. The van der Waals surface area contributed by atoms with Crippen molar-refractivity contribution in [3.8, 4) is 0 Å². The highest BCUT2D eigenvalue weighted by molar-refractivity contribution is 7.65. The predicted octanol–water partition coefficient (Wildman–Crippen LogP) is 0.391. The Labute approximate surface area is 180 Å². The lowest BCUT2D eigenvalue weighted by Gasteiger charge is -2.26. The summed E-state index contributed by atoms with van der Waals surface area (Å²) in [4.78, 5) is 61.9. The molecule has 176 valence electrons. The molecule has 2 rings (SSSR count). The fourth-order valence-electron chi connectivity index (χ4n) is 2.97.